The monoisotopic (exact) mass is 376 g/mol. The average Bonchev–Trinajstić information content (AvgIpc) is 3.09. The van der Waals surface area contributed by atoms with Crippen LogP contribution < -0.4 is 10.1 Å². The molecule has 2 aromatic heterocycles. The quantitative estimate of drug-likeness (QED) is 0.733. The molecule has 0 aliphatic carbocycles. The van der Waals surface area contributed by atoms with E-state index in [-0.39, 0.29) is 18.2 Å². The number of nitrogens with zero attached hydrogens (tertiary/aromatic N) is 3. The molecule has 1 aromatic carbocycles. The summed E-state index contributed by atoms with van der Waals surface area (Å²) >= 11 is 0. The van der Waals surface area contributed by atoms with E-state index in [4.69, 9.17) is 4.74 Å². The maximum atomic E-state index is 12.7. The van der Waals surface area contributed by atoms with E-state index in [1.54, 1.807) is 18.3 Å². The third-order valence-electron chi connectivity index (χ3n) is 3.56. The van der Waals surface area contributed by atoms with Crippen molar-refractivity contribution >= 4 is 11.7 Å². The van der Waals surface area contributed by atoms with Crippen LogP contribution in [0, 0.1) is 6.92 Å². The van der Waals surface area contributed by atoms with Gasteiger partial charge in [-0.15, -0.1) is 0 Å². The molecule has 0 saturated carbocycles. The Morgan fingerprint density at radius 2 is 2.04 bits per heavy atom. The van der Waals surface area contributed by atoms with Crippen LogP contribution in [0.15, 0.2) is 54.9 Å². The van der Waals surface area contributed by atoms with Crippen LogP contribution in [0.3, 0.4) is 0 Å². The molecule has 0 unspecified atom stereocenters. The average molecular weight is 376 g/mol. The molecule has 2 heterocycles. The Hall–Kier alpha value is -3.36. The van der Waals surface area contributed by atoms with E-state index >= 15 is 0 Å². The van der Waals surface area contributed by atoms with Crippen LogP contribution in [-0.4, -0.2) is 20.7 Å². The molecule has 0 aliphatic rings. The normalized spacial score (nSPS) is 11.3. The van der Waals surface area contributed by atoms with Crippen LogP contribution >= 0.6 is 0 Å². The number of hydrogen-bond donors (Lipinski definition) is 1. The summed E-state index contributed by atoms with van der Waals surface area (Å²) < 4.78 is 44.7. The number of halogens is 3. The van der Waals surface area contributed by atoms with Gasteiger partial charge in [0.25, 0.3) is 5.91 Å². The van der Waals surface area contributed by atoms with Gasteiger partial charge in [-0.2, -0.15) is 18.3 Å². The Labute approximate surface area is 152 Å². The summed E-state index contributed by atoms with van der Waals surface area (Å²) in [5.41, 5.74) is 0.275. The van der Waals surface area contributed by atoms with Gasteiger partial charge in [0.1, 0.15) is 11.6 Å². The molecule has 1 N–H and O–H groups in total. The molecule has 27 heavy (non-hydrogen) atoms. The molecule has 6 nitrogen and oxygen atoms in total. The zero-order valence-corrected chi connectivity index (χ0v) is 14.2. The Bertz CT molecular complexity index is 954. The molecule has 0 atom stereocenters. The fourth-order valence-electron chi connectivity index (χ4n) is 2.24. The van der Waals surface area contributed by atoms with Gasteiger partial charge in [0, 0.05) is 12.4 Å². The fourth-order valence-corrected chi connectivity index (χ4v) is 2.24. The fraction of sp³-hybridized carbons (Fsp3) is 0.167. The maximum Gasteiger partial charge on any atom is 0.416 e. The third-order valence-corrected chi connectivity index (χ3v) is 3.56. The summed E-state index contributed by atoms with van der Waals surface area (Å²) in [6.45, 7) is 1.73. The SMILES string of the molecule is Cc1ccnc(NC(=O)c2ccn(COc3cccc(C(F)(F)F)c3)n2)c1. The maximum absolute atomic E-state index is 12.7. The first kappa shape index (κ1) is 18.4. The summed E-state index contributed by atoms with van der Waals surface area (Å²) in [5.74, 6) is -0.00373. The van der Waals surface area contributed by atoms with E-state index in [1.807, 2.05) is 6.92 Å². The lowest BCUT2D eigenvalue weighted by atomic mass is 10.2. The minimum Gasteiger partial charge on any atom is -0.471 e. The smallest absolute Gasteiger partial charge is 0.416 e. The van der Waals surface area contributed by atoms with Crippen LogP contribution in [0.4, 0.5) is 19.0 Å². The van der Waals surface area contributed by atoms with Gasteiger partial charge in [-0.25, -0.2) is 9.67 Å². The van der Waals surface area contributed by atoms with Crippen LogP contribution in [0.1, 0.15) is 21.6 Å². The predicted molar refractivity (Wildman–Crippen MR) is 91.2 cm³/mol. The van der Waals surface area contributed by atoms with Crippen molar-refractivity contribution in [1.29, 1.82) is 0 Å². The minimum absolute atomic E-state index is 0.0512. The molecule has 140 valence electrons. The van der Waals surface area contributed by atoms with Gasteiger partial charge < -0.3 is 10.1 Å². The Kier molecular flexibility index (Phi) is 5.11. The Morgan fingerprint density at radius 3 is 2.78 bits per heavy atom. The number of carbonyl (C=O) groups excluding carboxylic acids is 1. The number of amides is 1. The van der Waals surface area contributed by atoms with Gasteiger partial charge in [0.2, 0.25) is 0 Å². The molecule has 3 rings (SSSR count). The van der Waals surface area contributed by atoms with Gasteiger partial charge in [-0.05, 0) is 48.9 Å². The lowest BCUT2D eigenvalue weighted by molar-refractivity contribution is -0.137. The molecule has 0 fully saturated rings. The summed E-state index contributed by atoms with van der Waals surface area (Å²) in [5, 5.41) is 6.66. The number of pyridine rings is 1. The summed E-state index contributed by atoms with van der Waals surface area (Å²) in [4.78, 5) is 16.2. The van der Waals surface area contributed by atoms with Crippen LogP contribution in [-0.2, 0) is 12.9 Å². The summed E-state index contributed by atoms with van der Waals surface area (Å²) in [6, 6.07) is 9.52. The topological polar surface area (TPSA) is 69.0 Å². The highest BCUT2D eigenvalue weighted by molar-refractivity contribution is 6.02. The van der Waals surface area contributed by atoms with Gasteiger partial charge in [-0.1, -0.05) is 6.07 Å². The zero-order valence-electron chi connectivity index (χ0n) is 14.2. The molecule has 0 bridgehead atoms. The van der Waals surface area contributed by atoms with Crippen molar-refractivity contribution < 1.29 is 22.7 Å². The van der Waals surface area contributed by atoms with Crippen molar-refractivity contribution in [3.63, 3.8) is 0 Å². The number of alkyl halides is 3. The Balaban J connectivity index is 1.62. The number of ether oxygens (including phenoxy) is 1. The van der Waals surface area contributed by atoms with Crippen molar-refractivity contribution in [2.24, 2.45) is 0 Å². The number of hydrogen-bond acceptors (Lipinski definition) is 4. The standard InChI is InChI=1S/C18H15F3N4O2/c1-12-5-7-22-16(9-12)23-17(26)15-6-8-25(24-15)11-27-14-4-2-3-13(10-14)18(19,20)21/h2-10H,11H2,1H3,(H,22,23,26). The molecule has 0 spiro atoms. The molecule has 0 aliphatic heterocycles. The Morgan fingerprint density at radius 1 is 1.22 bits per heavy atom. The predicted octanol–water partition coefficient (Wildman–Crippen LogP) is 3.89. The van der Waals surface area contributed by atoms with Crippen molar-refractivity contribution in [3.8, 4) is 5.75 Å². The molecule has 0 saturated heterocycles. The number of nitrogens with one attached hydrogen (secondary N) is 1. The van der Waals surface area contributed by atoms with Crippen LogP contribution in [0.25, 0.3) is 0 Å². The second kappa shape index (κ2) is 7.48. The van der Waals surface area contributed by atoms with Crippen molar-refractivity contribution in [2.75, 3.05) is 5.32 Å². The highest BCUT2D eigenvalue weighted by Crippen LogP contribution is 2.31. The first-order valence-corrected chi connectivity index (χ1v) is 7.89. The number of carbonyl (C=O) groups is 1. The lowest BCUT2D eigenvalue weighted by Gasteiger charge is -2.10. The molecule has 0 radical (unpaired) electrons. The van der Waals surface area contributed by atoms with Crippen molar-refractivity contribution in [2.45, 2.75) is 19.8 Å². The van der Waals surface area contributed by atoms with E-state index in [1.165, 1.54) is 29.1 Å². The number of aromatic nitrogens is 3. The zero-order chi connectivity index (χ0) is 19.4. The van der Waals surface area contributed by atoms with Gasteiger partial charge >= 0.3 is 6.18 Å². The molecule has 3 aromatic rings. The number of rotatable bonds is 5. The van der Waals surface area contributed by atoms with E-state index in [2.05, 4.69) is 15.4 Å². The second-order valence-electron chi connectivity index (χ2n) is 5.71. The van der Waals surface area contributed by atoms with Gasteiger partial charge in [0.05, 0.1) is 5.56 Å². The second-order valence-corrected chi connectivity index (χ2v) is 5.71. The lowest BCUT2D eigenvalue weighted by Crippen LogP contribution is -2.15. The summed E-state index contributed by atoms with van der Waals surface area (Å²) in [6.07, 6.45) is -1.38. The van der Waals surface area contributed by atoms with E-state index in [9.17, 15) is 18.0 Å². The number of aryl methyl sites for hydroxylation is 1. The molecule has 9 heteroatoms. The molecular weight excluding hydrogens is 361 g/mol. The van der Waals surface area contributed by atoms with Gasteiger partial charge in [-0.3, -0.25) is 4.79 Å². The van der Waals surface area contributed by atoms with Gasteiger partial charge in [0.15, 0.2) is 12.4 Å². The number of benzene rings is 1. The largest absolute Gasteiger partial charge is 0.471 e. The molecule has 1 amide bonds. The van der Waals surface area contributed by atoms with E-state index < -0.39 is 17.6 Å². The number of anilines is 1. The minimum atomic E-state index is -4.44. The van der Waals surface area contributed by atoms with Crippen molar-refractivity contribution in [3.05, 3.63) is 71.7 Å². The highest BCUT2D eigenvalue weighted by atomic mass is 19.4. The first-order valence-electron chi connectivity index (χ1n) is 7.89. The summed E-state index contributed by atoms with van der Waals surface area (Å²) in [7, 11) is 0. The van der Waals surface area contributed by atoms with Crippen molar-refractivity contribution in [1.82, 2.24) is 14.8 Å². The van der Waals surface area contributed by atoms with E-state index in [0.717, 1.165) is 17.7 Å². The van der Waals surface area contributed by atoms with Crippen LogP contribution in [0.2, 0.25) is 0 Å². The third kappa shape index (κ3) is 4.84. The highest BCUT2D eigenvalue weighted by Gasteiger charge is 2.30. The molecular formula is C18H15F3N4O2. The first-order chi connectivity index (χ1) is 12.8. The van der Waals surface area contributed by atoms with Crippen LogP contribution in [0.5, 0.6) is 5.75 Å². The van der Waals surface area contributed by atoms with E-state index in [0.29, 0.717) is 5.82 Å².